The van der Waals surface area contributed by atoms with Gasteiger partial charge in [-0.15, -0.1) is 0 Å². The van der Waals surface area contributed by atoms with E-state index in [1.165, 1.54) is 19.4 Å². The molecule has 1 atom stereocenters. The summed E-state index contributed by atoms with van der Waals surface area (Å²) in [6.07, 6.45) is 5.28. The van der Waals surface area contributed by atoms with Crippen LogP contribution < -0.4 is 5.32 Å². The highest BCUT2D eigenvalue weighted by atomic mass is 16.5. The lowest BCUT2D eigenvalue weighted by atomic mass is 9.96. The zero-order valence-corrected chi connectivity index (χ0v) is 10.8. The predicted octanol–water partition coefficient (Wildman–Crippen LogP) is 1.94. The Morgan fingerprint density at radius 1 is 1.38 bits per heavy atom. The topological polar surface area (TPSA) is 41.5 Å². The summed E-state index contributed by atoms with van der Waals surface area (Å²) >= 11 is 0. The number of piperidine rings is 1. The van der Waals surface area contributed by atoms with Crippen molar-refractivity contribution >= 4 is 0 Å². The van der Waals surface area contributed by atoms with E-state index in [9.17, 15) is 5.11 Å². The van der Waals surface area contributed by atoms with Crippen molar-refractivity contribution in [1.82, 2.24) is 5.32 Å². The van der Waals surface area contributed by atoms with E-state index in [1.807, 2.05) is 13.8 Å². The fraction of sp³-hybridized carbons (Fsp3) is 1.00. The molecule has 1 aliphatic rings. The quantitative estimate of drug-likeness (QED) is 0.656. The second-order valence-electron chi connectivity index (χ2n) is 4.99. The van der Waals surface area contributed by atoms with Crippen molar-refractivity contribution in [2.45, 2.75) is 51.6 Å². The number of hydrogen-bond donors (Lipinski definition) is 2. The summed E-state index contributed by atoms with van der Waals surface area (Å²) in [6, 6.07) is 0. The zero-order valence-electron chi connectivity index (χ0n) is 10.8. The summed E-state index contributed by atoms with van der Waals surface area (Å²) in [5.41, 5.74) is -0.606. The summed E-state index contributed by atoms with van der Waals surface area (Å²) < 4.78 is 5.61. The first-order chi connectivity index (χ1) is 7.70. The van der Waals surface area contributed by atoms with Crippen molar-refractivity contribution in [2.24, 2.45) is 5.92 Å². The maximum Gasteiger partial charge on any atom is 0.0874 e. The highest BCUT2D eigenvalue weighted by Crippen LogP contribution is 2.17. The number of hydrogen-bond acceptors (Lipinski definition) is 3. The molecule has 1 heterocycles. The van der Waals surface area contributed by atoms with Gasteiger partial charge in [-0.1, -0.05) is 13.8 Å². The van der Waals surface area contributed by atoms with E-state index in [1.54, 1.807) is 0 Å². The minimum Gasteiger partial charge on any atom is -0.388 e. The van der Waals surface area contributed by atoms with E-state index in [2.05, 4.69) is 5.32 Å². The summed E-state index contributed by atoms with van der Waals surface area (Å²) in [4.78, 5) is 0. The first-order valence-electron chi connectivity index (χ1n) is 6.71. The van der Waals surface area contributed by atoms with Crippen LogP contribution in [0.3, 0.4) is 0 Å². The fourth-order valence-electron chi connectivity index (χ4n) is 2.14. The van der Waals surface area contributed by atoms with Crippen molar-refractivity contribution < 1.29 is 9.84 Å². The molecule has 0 aromatic heterocycles. The van der Waals surface area contributed by atoms with Crippen molar-refractivity contribution in [2.75, 3.05) is 26.3 Å². The molecule has 0 radical (unpaired) electrons. The molecule has 3 heteroatoms. The Kier molecular flexibility index (Phi) is 6.32. The van der Waals surface area contributed by atoms with E-state index in [4.69, 9.17) is 4.74 Å². The fourth-order valence-corrected chi connectivity index (χ4v) is 2.14. The minimum absolute atomic E-state index is 0.486. The van der Waals surface area contributed by atoms with Crippen molar-refractivity contribution in [3.63, 3.8) is 0 Å². The second kappa shape index (κ2) is 7.25. The monoisotopic (exact) mass is 229 g/mol. The molecule has 0 aliphatic carbocycles. The van der Waals surface area contributed by atoms with Crippen LogP contribution in [-0.2, 0) is 4.74 Å². The first-order valence-corrected chi connectivity index (χ1v) is 6.71. The largest absolute Gasteiger partial charge is 0.388 e. The molecule has 96 valence electrons. The van der Waals surface area contributed by atoms with Gasteiger partial charge in [-0.05, 0) is 51.1 Å². The van der Waals surface area contributed by atoms with Gasteiger partial charge in [-0.3, -0.25) is 0 Å². The maximum atomic E-state index is 10.0. The van der Waals surface area contributed by atoms with Crippen LogP contribution in [0.25, 0.3) is 0 Å². The molecule has 0 amide bonds. The van der Waals surface area contributed by atoms with E-state index < -0.39 is 5.60 Å². The van der Waals surface area contributed by atoms with Crippen LogP contribution in [0.2, 0.25) is 0 Å². The van der Waals surface area contributed by atoms with Gasteiger partial charge in [0.25, 0.3) is 0 Å². The molecular weight excluding hydrogens is 202 g/mol. The lowest BCUT2D eigenvalue weighted by Gasteiger charge is -2.26. The van der Waals surface area contributed by atoms with Gasteiger partial charge in [0.05, 0.1) is 12.2 Å². The van der Waals surface area contributed by atoms with Gasteiger partial charge >= 0.3 is 0 Å². The van der Waals surface area contributed by atoms with Crippen LogP contribution in [0.5, 0.6) is 0 Å². The third kappa shape index (κ3) is 4.81. The van der Waals surface area contributed by atoms with Crippen molar-refractivity contribution in [1.29, 1.82) is 0 Å². The van der Waals surface area contributed by atoms with Crippen LogP contribution in [0.4, 0.5) is 0 Å². The van der Waals surface area contributed by atoms with E-state index in [0.717, 1.165) is 38.3 Å². The molecule has 0 spiro atoms. The lowest BCUT2D eigenvalue weighted by molar-refractivity contribution is -0.0536. The van der Waals surface area contributed by atoms with E-state index in [-0.39, 0.29) is 0 Å². The number of rotatable bonds is 7. The Labute approximate surface area is 99.6 Å². The molecule has 0 aromatic carbocycles. The van der Waals surface area contributed by atoms with Gasteiger partial charge < -0.3 is 15.2 Å². The summed E-state index contributed by atoms with van der Waals surface area (Å²) in [5, 5.41) is 13.4. The summed E-state index contributed by atoms with van der Waals surface area (Å²) in [7, 11) is 0. The van der Waals surface area contributed by atoms with Gasteiger partial charge in [-0.2, -0.15) is 0 Å². The van der Waals surface area contributed by atoms with Crippen LogP contribution in [0, 0.1) is 5.92 Å². The van der Waals surface area contributed by atoms with Gasteiger partial charge in [0.1, 0.15) is 0 Å². The molecule has 2 N–H and O–H groups in total. The normalized spacial score (nSPS) is 22.3. The third-order valence-corrected chi connectivity index (χ3v) is 3.76. The molecule has 1 saturated heterocycles. The number of aliphatic hydroxyl groups is 1. The zero-order chi connectivity index (χ0) is 11.9. The highest BCUT2D eigenvalue weighted by Gasteiger charge is 2.22. The smallest absolute Gasteiger partial charge is 0.0874 e. The van der Waals surface area contributed by atoms with Gasteiger partial charge in [0.2, 0.25) is 0 Å². The Morgan fingerprint density at radius 2 is 2.12 bits per heavy atom. The average molecular weight is 229 g/mol. The molecule has 0 bridgehead atoms. The van der Waals surface area contributed by atoms with Crippen LogP contribution in [0.1, 0.15) is 46.0 Å². The Morgan fingerprint density at radius 3 is 2.69 bits per heavy atom. The molecule has 16 heavy (non-hydrogen) atoms. The van der Waals surface area contributed by atoms with Crippen molar-refractivity contribution in [3.05, 3.63) is 0 Å². The molecule has 3 nitrogen and oxygen atoms in total. The van der Waals surface area contributed by atoms with Crippen LogP contribution in [-0.4, -0.2) is 37.0 Å². The highest BCUT2D eigenvalue weighted by molar-refractivity contribution is 4.74. The van der Waals surface area contributed by atoms with Gasteiger partial charge in [0, 0.05) is 6.61 Å². The Hall–Kier alpha value is -0.120. The van der Waals surface area contributed by atoms with Crippen LogP contribution in [0.15, 0.2) is 0 Å². The first kappa shape index (κ1) is 13.9. The SMILES string of the molecule is CCC(O)(CC)COCCC1CCCNC1. The van der Waals surface area contributed by atoms with Crippen LogP contribution >= 0.6 is 0 Å². The Bertz CT molecular complexity index is 175. The average Bonchev–Trinajstić information content (AvgIpc) is 2.36. The number of nitrogens with one attached hydrogen (secondary N) is 1. The van der Waals surface area contributed by atoms with Gasteiger partial charge in [-0.25, -0.2) is 0 Å². The third-order valence-electron chi connectivity index (χ3n) is 3.76. The Balaban J connectivity index is 2.06. The molecule has 0 saturated carbocycles. The number of ether oxygens (including phenoxy) is 1. The minimum atomic E-state index is -0.606. The van der Waals surface area contributed by atoms with Gasteiger partial charge in [0.15, 0.2) is 0 Å². The lowest BCUT2D eigenvalue weighted by Crippen LogP contribution is -2.34. The maximum absolute atomic E-state index is 10.0. The molecule has 1 aliphatic heterocycles. The summed E-state index contributed by atoms with van der Waals surface area (Å²) in [6.45, 7) is 7.60. The standard InChI is InChI=1S/C13H27NO2/c1-3-13(15,4-2)11-16-9-7-12-6-5-8-14-10-12/h12,14-15H,3-11H2,1-2H3. The van der Waals surface area contributed by atoms with E-state index >= 15 is 0 Å². The molecule has 1 unspecified atom stereocenters. The molecule has 0 aromatic rings. The molecular formula is C13H27NO2. The van der Waals surface area contributed by atoms with E-state index in [0.29, 0.717) is 6.61 Å². The van der Waals surface area contributed by atoms with Crippen molar-refractivity contribution in [3.8, 4) is 0 Å². The molecule has 1 fully saturated rings. The summed E-state index contributed by atoms with van der Waals surface area (Å²) in [5.74, 6) is 0.769. The molecule has 1 rings (SSSR count). The predicted molar refractivity (Wildman–Crippen MR) is 66.6 cm³/mol. The second-order valence-corrected chi connectivity index (χ2v) is 4.99.